The van der Waals surface area contributed by atoms with Crippen molar-refractivity contribution in [2.75, 3.05) is 0 Å². The minimum atomic E-state index is 0.625. The molecule has 0 heterocycles. The molecular formula is C13H19I. The normalized spacial score (nSPS) is 16.0. The monoisotopic (exact) mass is 302 g/mol. The molecule has 0 aromatic heterocycles. The van der Waals surface area contributed by atoms with Gasteiger partial charge >= 0.3 is 0 Å². The molecule has 0 N–H and O–H groups in total. The second-order valence-corrected chi connectivity index (χ2v) is 4.78. The van der Waals surface area contributed by atoms with Crippen LogP contribution in [0.3, 0.4) is 0 Å². The van der Waals surface area contributed by atoms with Gasteiger partial charge in [-0.15, -0.1) is 0 Å². The van der Waals surface area contributed by atoms with Crippen LogP contribution < -0.4 is 0 Å². The smallest absolute Gasteiger partial charge is 0.0292 e. The molecule has 0 nitrogen and oxygen atoms in total. The number of alkyl halides is 1. The minimum Gasteiger partial charge on any atom is -0.0985 e. The van der Waals surface area contributed by atoms with Gasteiger partial charge in [0.15, 0.2) is 0 Å². The summed E-state index contributed by atoms with van der Waals surface area (Å²) in [6.07, 6.45) is 11.6. The van der Waals surface area contributed by atoms with Gasteiger partial charge in [0.1, 0.15) is 0 Å². The Hall–Kier alpha value is -0.310. The summed E-state index contributed by atoms with van der Waals surface area (Å²) < 4.78 is 0.625. The maximum Gasteiger partial charge on any atom is 0.0292 e. The molecule has 0 spiro atoms. The van der Waals surface area contributed by atoms with Crippen molar-refractivity contribution in [1.29, 1.82) is 0 Å². The van der Waals surface area contributed by atoms with Crippen molar-refractivity contribution in [3.63, 3.8) is 0 Å². The Balaban J connectivity index is 4.60. The van der Waals surface area contributed by atoms with Gasteiger partial charge < -0.3 is 0 Å². The van der Waals surface area contributed by atoms with Crippen molar-refractivity contribution in [2.24, 2.45) is 0 Å². The molecule has 78 valence electrons. The molecule has 0 aromatic rings. The molecule has 14 heavy (non-hydrogen) atoms. The van der Waals surface area contributed by atoms with Crippen LogP contribution in [-0.2, 0) is 0 Å². The molecule has 0 aliphatic heterocycles. The van der Waals surface area contributed by atoms with E-state index < -0.39 is 0 Å². The van der Waals surface area contributed by atoms with Crippen LogP contribution in [0.2, 0.25) is 0 Å². The van der Waals surface area contributed by atoms with Gasteiger partial charge in [0.05, 0.1) is 0 Å². The number of halogens is 1. The van der Waals surface area contributed by atoms with E-state index >= 15 is 0 Å². The van der Waals surface area contributed by atoms with E-state index in [-0.39, 0.29) is 0 Å². The van der Waals surface area contributed by atoms with Crippen LogP contribution in [0.4, 0.5) is 0 Å². The molecule has 0 saturated heterocycles. The van der Waals surface area contributed by atoms with Crippen LogP contribution in [0.25, 0.3) is 0 Å². The second-order valence-electron chi connectivity index (χ2n) is 3.18. The van der Waals surface area contributed by atoms with Gasteiger partial charge in [-0.05, 0) is 25.8 Å². The molecule has 0 rings (SSSR count). The highest BCUT2D eigenvalue weighted by molar-refractivity contribution is 14.1. The first-order valence-corrected chi connectivity index (χ1v) is 6.17. The Labute approximate surface area is 102 Å². The molecule has 0 fully saturated rings. The predicted octanol–water partition coefficient (Wildman–Crippen LogP) is 4.83. The average molecular weight is 302 g/mol. The van der Waals surface area contributed by atoms with E-state index in [9.17, 15) is 0 Å². The Morgan fingerprint density at radius 3 is 2.57 bits per heavy atom. The fraction of sp³-hybridized carbons (Fsp3) is 0.385. The average Bonchev–Trinajstić information content (AvgIpc) is 2.16. The highest BCUT2D eigenvalue weighted by Crippen LogP contribution is 2.12. The third kappa shape index (κ3) is 6.19. The Morgan fingerprint density at radius 2 is 2.14 bits per heavy atom. The van der Waals surface area contributed by atoms with E-state index in [0.717, 1.165) is 0 Å². The molecule has 0 aliphatic carbocycles. The van der Waals surface area contributed by atoms with Crippen LogP contribution in [-0.4, -0.2) is 3.92 Å². The highest BCUT2D eigenvalue weighted by Gasteiger charge is 1.95. The van der Waals surface area contributed by atoms with Crippen LogP contribution in [0.5, 0.6) is 0 Å². The second kappa shape index (κ2) is 8.04. The zero-order valence-electron chi connectivity index (χ0n) is 9.26. The third-order valence-electron chi connectivity index (χ3n) is 1.82. The predicted molar refractivity (Wildman–Crippen MR) is 75.0 cm³/mol. The summed E-state index contributed by atoms with van der Waals surface area (Å²) in [5, 5.41) is 0. The first kappa shape index (κ1) is 13.7. The Morgan fingerprint density at radius 1 is 1.50 bits per heavy atom. The quantitative estimate of drug-likeness (QED) is 0.387. The molecule has 0 unspecified atom stereocenters. The first-order chi connectivity index (χ1) is 6.63. The zero-order valence-corrected chi connectivity index (χ0v) is 11.4. The molecule has 0 radical (unpaired) electrons. The fourth-order valence-corrected chi connectivity index (χ4v) is 1.65. The molecular weight excluding hydrogens is 283 g/mol. The van der Waals surface area contributed by atoms with Gasteiger partial charge in [-0.3, -0.25) is 0 Å². The molecule has 0 bridgehead atoms. The minimum absolute atomic E-state index is 0.625. The van der Waals surface area contributed by atoms with E-state index in [1.807, 2.05) is 19.1 Å². The Bertz CT molecular complexity index is 256. The van der Waals surface area contributed by atoms with Crippen molar-refractivity contribution >= 4 is 22.6 Å². The number of rotatable bonds is 5. The maximum absolute atomic E-state index is 3.78. The van der Waals surface area contributed by atoms with Gasteiger partial charge in [-0.1, -0.05) is 72.0 Å². The highest BCUT2D eigenvalue weighted by atomic mass is 127. The molecule has 1 atom stereocenters. The molecule has 0 saturated carbocycles. The topological polar surface area (TPSA) is 0 Å². The van der Waals surface area contributed by atoms with Gasteiger partial charge in [-0.2, -0.15) is 0 Å². The third-order valence-corrected chi connectivity index (χ3v) is 3.06. The summed E-state index contributed by atoms with van der Waals surface area (Å²) >= 11 is 2.45. The first-order valence-electron chi connectivity index (χ1n) is 4.93. The zero-order chi connectivity index (χ0) is 11.0. The summed E-state index contributed by atoms with van der Waals surface area (Å²) in [5.74, 6) is 0. The summed E-state index contributed by atoms with van der Waals surface area (Å²) in [4.78, 5) is 0. The van der Waals surface area contributed by atoms with Gasteiger partial charge in [0.25, 0.3) is 0 Å². The van der Waals surface area contributed by atoms with Crippen molar-refractivity contribution in [3.05, 3.63) is 48.1 Å². The van der Waals surface area contributed by atoms with Crippen LogP contribution >= 0.6 is 22.6 Å². The van der Waals surface area contributed by atoms with Gasteiger partial charge in [0, 0.05) is 3.92 Å². The lowest BCUT2D eigenvalue weighted by atomic mass is 10.1. The fourth-order valence-electron chi connectivity index (χ4n) is 1.08. The number of allylic oxidation sites excluding steroid dienone is 7. The largest absolute Gasteiger partial charge is 0.0985 e. The molecule has 1 heteroatoms. The van der Waals surface area contributed by atoms with E-state index in [1.165, 1.54) is 17.6 Å². The molecule has 0 aromatic carbocycles. The van der Waals surface area contributed by atoms with Crippen molar-refractivity contribution < 1.29 is 0 Å². The summed E-state index contributed by atoms with van der Waals surface area (Å²) in [5.41, 5.74) is 2.47. The lowest BCUT2D eigenvalue weighted by Gasteiger charge is -2.01. The summed E-state index contributed by atoms with van der Waals surface area (Å²) in [6.45, 7) is 10.1. The van der Waals surface area contributed by atoms with Crippen molar-refractivity contribution in [1.82, 2.24) is 0 Å². The van der Waals surface area contributed by atoms with E-state index in [0.29, 0.717) is 3.92 Å². The Kier molecular flexibility index (Phi) is 7.86. The lowest BCUT2D eigenvalue weighted by molar-refractivity contribution is 1.000. The standard InChI is InChI=1S/C13H19I/c1-5-8-12(6-2)9-11(4)10-13(14)7-3/h5-6,8-10,13H,2,7H2,1,3-4H3/b8-5-,11-10+,12-9-/t13-/m0/s1. The van der Waals surface area contributed by atoms with Crippen LogP contribution in [0.15, 0.2) is 48.1 Å². The van der Waals surface area contributed by atoms with E-state index in [2.05, 4.69) is 61.2 Å². The number of hydrogen-bond donors (Lipinski definition) is 0. The summed E-state index contributed by atoms with van der Waals surface area (Å²) in [6, 6.07) is 0. The van der Waals surface area contributed by atoms with Crippen LogP contribution in [0.1, 0.15) is 27.2 Å². The SMILES string of the molecule is C=CC(/C=C\C)=C/C(C)=C/[C@@H](I)CC. The number of hydrogen-bond acceptors (Lipinski definition) is 0. The molecule has 0 amide bonds. The maximum atomic E-state index is 3.78. The molecule has 0 aliphatic rings. The van der Waals surface area contributed by atoms with Crippen LogP contribution in [0, 0.1) is 0 Å². The van der Waals surface area contributed by atoms with Crippen molar-refractivity contribution in [3.8, 4) is 0 Å². The lowest BCUT2D eigenvalue weighted by Crippen LogP contribution is -1.89. The van der Waals surface area contributed by atoms with Gasteiger partial charge in [0.2, 0.25) is 0 Å². The summed E-state index contributed by atoms with van der Waals surface area (Å²) in [7, 11) is 0. The van der Waals surface area contributed by atoms with E-state index in [4.69, 9.17) is 0 Å². The van der Waals surface area contributed by atoms with E-state index in [1.54, 1.807) is 0 Å². The van der Waals surface area contributed by atoms with Gasteiger partial charge in [-0.25, -0.2) is 0 Å². The van der Waals surface area contributed by atoms with Crippen molar-refractivity contribution in [2.45, 2.75) is 31.1 Å².